The van der Waals surface area contributed by atoms with Gasteiger partial charge in [0.25, 0.3) is 0 Å². The fourth-order valence-electron chi connectivity index (χ4n) is 2.69. The molecule has 0 heterocycles. The van der Waals surface area contributed by atoms with Crippen LogP contribution in [-0.4, -0.2) is 35.6 Å². The van der Waals surface area contributed by atoms with E-state index in [4.69, 9.17) is 23.2 Å². The topological polar surface area (TPSA) is 49.4 Å². The number of thioether (sulfide) groups is 1. The van der Waals surface area contributed by atoms with Crippen molar-refractivity contribution in [2.24, 2.45) is 0 Å². The third kappa shape index (κ3) is 6.73. The fourth-order valence-corrected chi connectivity index (χ4v) is 3.86. The Morgan fingerprint density at radius 2 is 1.79 bits per heavy atom. The summed E-state index contributed by atoms with van der Waals surface area (Å²) >= 11 is 13.8. The van der Waals surface area contributed by atoms with Gasteiger partial charge in [0.05, 0.1) is 0 Å². The minimum Gasteiger partial charge on any atom is -0.357 e. The van der Waals surface area contributed by atoms with Crippen molar-refractivity contribution in [3.63, 3.8) is 0 Å². The average molecular weight is 439 g/mol. The Balaban J connectivity index is 1.97. The van der Waals surface area contributed by atoms with Crippen LogP contribution in [0.5, 0.6) is 0 Å². The second kappa shape index (κ2) is 11.3. The number of rotatable bonds is 9. The minimum atomic E-state index is -0.572. The Labute approximate surface area is 180 Å². The van der Waals surface area contributed by atoms with Gasteiger partial charge in [-0.3, -0.25) is 9.59 Å². The van der Waals surface area contributed by atoms with Gasteiger partial charge in [-0.2, -0.15) is 0 Å². The number of likely N-dealkylation sites (N-methyl/N-ethyl adjacent to an activating group) is 1. The van der Waals surface area contributed by atoms with Crippen LogP contribution in [-0.2, 0) is 16.1 Å². The smallest absolute Gasteiger partial charge is 0.242 e. The van der Waals surface area contributed by atoms with Gasteiger partial charge in [-0.25, -0.2) is 0 Å². The molecule has 0 aliphatic heterocycles. The summed E-state index contributed by atoms with van der Waals surface area (Å²) in [6.45, 7) is 2.04. The van der Waals surface area contributed by atoms with E-state index in [-0.39, 0.29) is 11.8 Å². The van der Waals surface area contributed by atoms with E-state index in [1.165, 1.54) is 0 Å². The predicted octanol–water partition coefficient (Wildman–Crippen LogP) is 5.03. The van der Waals surface area contributed by atoms with E-state index in [0.717, 1.165) is 16.2 Å². The number of hydrogen-bond acceptors (Lipinski definition) is 3. The van der Waals surface area contributed by atoms with Crippen LogP contribution in [0.4, 0.5) is 0 Å². The Morgan fingerprint density at radius 1 is 1.11 bits per heavy atom. The molecule has 28 heavy (non-hydrogen) atoms. The van der Waals surface area contributed by atoms with Gasteiger partial charge in [-0.05, 0) is 55.0 Å². The molecule has 0 aliphatic carbocycles. The van der Waals surface area contributed by atoms with E-state index >= 15 is 0 Å². The summed E-state index contributed by atoms with van der Waals surface area (Å²) in [6, 6.07) is 14.4. The molecular formula is C21H24Cl2N2O2S. The number of benzene rings is 2. The van der Waals surface area contributed by atoms with Gasteiger partial charge < -0.3 is 10.2 Å². The molecular weight excluding hydrogens is 415 g/mol. The number of halogens is 2. The first-order chi connectivity index (χ1) is 13.4. The van der Waals surface area contributed by atoms with Crippen LogP contribution in [0.3, 0.4) is 0 Å². The third-order valence-corrected chi connectivity index (χ3v) is 6.05. The summed E-state index contributed by atoms with van der Waals surface area (Å²) in [5, 5.41) is 3.91. The van der Waals surface area contributed by atoms with Gasteiger partial charge in [-0.15, -0.1) is 11.8 Å². The number of hydrogen-bond donors (Lipinski definition) is 1. The Morgan fingerprint density at radius 3 is 2.43 bits per heavy atom. The van der Waals surface area contributed by atoms with Crippen molar-refractivity contribution in [2.75, 3.05) is 12.8 Å². The molecule has 0 bridgehead atoms. The normalized spacial score (nSPS) is 11.7. The highest BCUT2D eigenvalue weighted by molar-refractivity contribution is 7.99. The highest BCUT2D eigenvalue weighted by Gasteiger charge is 2.25. The minimum absolute atomic E-state index is 0.0623. The summed E-state index contributed by atoms with van der Waals surface area (Å²) in [5.41, 5.74) is 0.823. The first-order valence-electron chi connectivity index (χ1n) is 9.05. The van der Waals surface area contributed by atoms with E-state index in [1.54, 1.807) is 36.7 Å². The van der Waals surface area contributed by atoms with E-state index < -0.39 is 6.04 Å². The van der Waals surface area contributed by atoms with Crippen LogP contribution < -0.4 is 5.32 Å². The molecule has 0 saturated heterocycles. The van der Waals surface area contributed by atoms with Crippen LogP contribution in [0.25, 0.3) is 0 Å². The molecule has 0 fully saturated rings. The molecule has 2 aromatic rings. The van der Waals surface area contributed by atoms with Crippen molar-refractivity contribution < 1.29 is 9.59 Å². The highest BCUT2D eigenvalue weighted by atomic mass is 35.5. The lowest BCUT2D eigenvalue weighted by Gasteiger charge is -2.28. The van der Waals surface area contributed by atoms with E-state index in [0.29, 0.717) is 29.4 Å². The van der Waals surface area contributed by atoms with Crippen LogP contribution in [0.1, 0.15) is 25.3 Å². The first-order valence-corrected chi connectivity index (χ1v) is 10.8. The maximum atomic E-state index is 12.9. The van der Waals surface area contributed by atoms with E-state index in [9.17, 15) is 9.59 Å². The van der Waals surface area contributed by atoms with Crippen molar-refractivity contribution in [2.45, 2.75) is 37.2 Å². The maximum absolute atomic E-state index is 12.9. The van der Waals surface area contributed by atoms with Crippen molar-refractivity contribution in [1.82, 2.24) is 10.2 Å². The van der Waals surface area contributed by atoms with Crippen molar-refractivity contribution in [3.05, 3.63) is 64.1 Å². The van der Waals surface area contributed by atoms with Gasteiger partial charge in [0.15, 0.2) is 0 Å². The van der Waals surface area contributed by atoms with Crippen molar-refractivity contribution >= 4 is 46.8 Å². The molecule has 1 N–H and O–H groups in total. The molecule has 0 aliphatic rings. The summed E-state index contributed by atoms with van der Waals surface area (Å²) in [4.78, 5) is 27.7. The highest BCUT2D eigenvalue weighted by Crippen LogP contribution is 2.23. The SMILES string of the molecule is CNC(=O)[C@H](C)N(Cc1ccccc1Cl)C(=O)CCCSc1ccc(Cl)cc1. The van der Waals surface area contributed by atoms with Gasteiger partial charge >= 0.3 is 0 Å². The molecule has 2 amide bonds. The lowest BCUT2D eigenvalue weighted by molar-refractivity contribution is -0.140. The Hall–Kier alpha value is -1.69. The van der Waals surface area contributed by atoms with E-state index in [1.807, 2.05) is 42.5 Å². The quantitative estimate of drug-likeness (QED) is 0.441. The molecule has 4 nitrogen and oxygen atoms in total. The summed E-state index contributed by atoms with van der Waals surface area (Å²) in [5.74, 6) is 0.547. The number of nitrogens with zero attached hydrogens (tertiary/aromatic N) is 1. The molecule has 0 radical (unpaired) electrons. The molecule has 150 valence electrons. The molecule has 0 spiro atoms. The molecule has 0 saturated carbocycles. The molecule has 7 heteroatoms. The predicted molar refractivity (Wildman–Crippen MR) is 117 cm³/mol. The van der Waals surface area contributed by atoms with Gasteiger partial charge in [-0.1, -0.05) is 41.4 Å². The largest absolute Gasteiger partial charge is 0.357 e. The van der Waals surface area contributed by atoms with Crippen LogP contribution >= 0.6 is 35.0 Å². The van der Waals surface area contributed by atoms with Gasteiger partial charge in [0.1, 0.15) is 6.04 Å². The lowest BCUT2D eigenvalue weighted by atomic mass is 10.1. The molecule has 1 atom stereocenters. The second-order valence-electron chi connectivity index (χ2n) is 6.31. The first kappa shape index (κ1) is 22.6. The summed E-state index contributed by atoms with van der Waals surface area (Å²) in [7, 11) is 1.57. The molecule has 2 aromatic carbocycles. The fraction of sp³-hybridized carbons (Fsp3) is 0.333. The van der Waals surface area contributed by atoms with E-state index in [2.05, 4.69) is 5.32 Å². The third-order valence-electron chi connectivity index (χ3n) is 4.33. The zero-order chi connectivity index (χ0) is 20.5. The second-order valence-corrected chi connectivity index (χ2v) is 8.32. The zero-order valence-electron chi connectivity index (χ0n) is 16.0. The monoisotopic (exact) mass is 438 g/mol. The average Bonchev–Trinajstić information content (AvgIpc) is 2.70. The number of carbonyl (C=O) groups is 2. The zero-order valence-corrected chi connectivity index (χ0v) is 18.3. The Bertz CT molecular complexity index is 799. The number of carbonyl (C=O) groups excluding carboxylic acids is 2. The number of nitrogens with one attached hydrogen (secondary N) is 1. The maximum Gasteiger partial charge on any atom is 0.242 e. The summed E-state index contributed by atoms with van der Waals surface area (Å²) in [6.07, 6.45) is 1.08. The molecule has 0 aromatic heterocycles. The Kier molecular flexibility index (Phi) is 9.16. The standard InChI is InChI=1S/C21H24Cl2N2O2S/c1-15(21(27)24-2)25(14-16-6-3-4-7-19(16)23)20(26)8-5-13-28-18-11-9-17(22)10-12-18/h3-4,6-7,9-12,15H,5,8,13-14H2,1-2H3,(H,24,27)/t15-/m0/s1. The van der Waals surface area contributed by atoms with Gasteiger partial charge in [0.2, 0.25) is 11.8 Å². The number of amides is 2. The molecule has 0 unspecified atom stereocenters. The van der Waals surface area contributed by atoms with Crippen LogP contribution in [0.2, 0.25) is 10.0 Å². The van der Waals surface area contributed by atoms with Crippen LogP contribution in [0, 0.1) is 0 Å². The van der Waals surface area contributed by atoms with Gasteiger partial charge in [0, 0.05) is 35.0 Å². The summed E-state index contributed by atoms with van der Waals surface area (Å²) < 4.78 is 0. The molecule has 2 rings (SSSR count). The van der Waals surface area contributed by atoms with Crippen LogP contribution in [0.15, 0.2) is 53.4 Å². The van der Waals surface area contributed by atoms with Crippen molar-refractivity contribution in [1.29, 1.82) is 0 Å². The van der Waals surface area contributed by atoms with Crippen molar-refractivity contribution in [3.8, 4) is 0 Å². The lowest BCUT2D eigenvalue weighted by Crippen LogP contribution is -2.46.